The molecule has 0 amide bonds. The van der Waals surface area contributed by atoms with Gasteiger partial charge in [0.2, 0.25) is 0 Å². The minimum atomic E-state index is -1.84. The van der Waals surface area contributed by atoms with Crippen molar-refractivity contribution in [2.45, 2.75) is 72.5 Å². The molecular formula is C19H45N3O3S3. The van der Waals surface area contributed by atoms with Gasteiger partial charge in [0.25, 0.3) is 0 Å². The average Bonchev–Trinajstić information content (AvgIpc) is 3.34. The Morgan fingerprint density at radius 2 is 0.929 bits per heavy atom. The standard InChI is InChI=1S/C7H15NOS.2C4H9NOS.2C2H6/c1-7(2,3)10(9)6-4-5-8-10;2*1-7(6)4-2-3-5-7;2*1-2/h4-6H2,1-3H3;2*2-4H2,1H3;2*1-2H3/t;2*7-;;/m.10../s1. The molecule has 28 heavy (non-hydrogen) atoms. The van der Waals surface area contributed by atoms with Crippen molar-refractivity contribution in [2.24, 2.45) is 13.1 Å². The van der Waals surface area contributed by atoms with Crippen molar-refractivity contribution in [3.8, 4) is 0 Å². The van der Waals surface area contributed by atoms with Crippen LogP contribution in [0.15, 0.2) is 13.1 Å². The van der Waals surface area contributed by atoms with Crippen molar-refractivity contribution >= 4 is 29.2 Å². The lowest BCUT2D eigenvalue weighted by Crippen LogP contribution is -2.27. The summed E-state index contributed by atoms with van der Waals surface area (Å²) in [5.41, 5.74) is 0. The molecule has 0 radical (unpaired) electrons. The van der Waals surface area contributed by atoms with E-state index >= 15 is 0 Å². The van der Waals surface area contributed by atoms with Crippen LogP contribution in [0.2, 0.25) is 0 Å². The van der Waals surface area contributed by atoms with E-state index in [-0.39, 0.29) is 4.75 Å². The van der Waals surface area contributed by atoms with Crippen LogP contribution in [-0.4, -0.2) is 66.8 Å². The smallest absolute Gasteiger partial charge is 0.0518 e. The Kier molecular flexibility index (Phi) is 15.0. The third-order valence-electron chi connectivity index (χ3n) is 3.93. The third kappa shape index (κ3) is 12.4. The van der Waals surface area contributed by atoms with Gasteiger partial charge in [-0.2, -0.15) is 0 Å². The molecule has 0 bridgehead atoms. The first-order chi connectivity index (χ1) is 12.9. The Labute approximate surface area is 176 Å². The summed E-state index contributed by atoms with van der Waals surface area (Å²) in [6, 6.07) is 0. The topological polar surface area (TPSA) is 88.3 Å². The zero-order chi connectivity index (χ0) is 22.5. The maximum atomic E-state index is 11.8. The summed E-state index contributed by atoms with van der Waals surface area (Å²) in [5, 5.41) is 0. The number of nitrogens with zero attached hydrogens (tertiary/aromatic N) is 3. The lowest BCUT2D eigenvalue weighted by molar-refractivity contribution is 0.643. The first-order valence-electron chi connectivity index (χ1n) is 10.4. The van der Waals surface area contributed by atoms with Crippen LogP contribution in [0.3, 0.4) is 0 Å². The van der Waals surface area contributed by atoms with E-state index < -0.39 is 29.2 Å². The number of rotatable bonds is 0. The molecule has 0 saturated carbocycles. The molecule has 3 aliphatic rings. The highest BCUT2D eigenvalue weighted by Gasteiger charge is 2.28. The van der Waals surface area contributed by atoms with Crippen LogP contribution in [-0.2, 0) is 29.2 Å². The summed E-state index contributed by atoms with van der Waals surface area (Å²) >= 11 is 0. The lowest BCUT2D eigenvalue weighted by atomic mass is 10.3. The monoisotopic (exact) mass is 459 g/mol. The van der Waals surface area contributed by atoms with E-state index in [2.05, 4.69) is 13.1 Å². The molecule has 0 aromatic heterocycles. The fourth-order valence-corrected chi connectivity index (χ4v) is 7.04. The van der Waals surface area contributed by atoms with Crippen LogP contribution in [0, 0.1) is 0 Å². The van der Waals surface area contributed by atoms with Gasteiger partial charge in [0.1, 0.15) is 0 Å². The fourth-order valence-electron chi connectivity index (χ4n) is 2.35. The van der Waals surface area contributed by atoms with E-state index in [1.54, 1.807) is 12.5 Å². The summed E-state index contributed by atoms with van der Waals surface area (Å²) in [6.07, 6.45) is 6.50. The Morgan fingerprint density at radius 3 is 1.04 bits per heavy atom. The largest absolute Gasteiger partial charge is 0.250 e. The molecule has 0 saturated heterocycles. The molecule has 1 unspecified atom stereocenters. The van der Waals surface area contributed by atoms with E-state index in [1.807, 2.05) is 48.5 Å². The Bertz CT molecular complexity index is 734. The van der Waals surface area contributed by atoms with Gasteiger partial charge in [-0.3, -0.25) is 8.42 Å². The van der Waals surface area contributed by atoms with Gasteiger partial charge in [0.15, 0.2) is 0 Å². The van der Waals surface area contributed by atoms with Gasteiger partial charge < -0.3 is 0 Å². The zero-order valence-electron chi connectivity index (χ0n) is 19.7. The van der Waals surface area contributed by atoms with Crippen LogP contribution in [0.4, 0.5) is 0 Å². The van der Waals surface area contributed by atoms with Crippen molar-refractivity contribution in [1.82, 2.24) is 0 Å². The molecule has 0 aliphatic carbocycles. The van der Waals surface area contributed by atoms with Gasteiger partial charge in [-0.25, -0.2) is 17.3 Å². The van der Waals surface area contributed by atoms with E-state index in [9.17, 15) is 12.6 Å². The quantitative estimate of drug-likeness (QED) is 0.526. The highest BCUT2D eigenvalue weighted by Crippen LogP contribution is 2.23. The third-order valence-corrected chi connectivity index (χ3v) is 10.8. The van der Waals surface area contributed by atoms with Crippen LogP contribution in [0.5, 0.6) is 0 Å². The molecule has 3 atom stereocenters. The number of hydrogen-bond acceptors (Lipinski definition) is 6. The molecule has 172 valence electrons. The Morgan fingerprint density at radius 1 is 0.607 bits per heavy atom. The van der Waals surface area contributed by atoms with Crippen molar-refractivity contribution in [1.29, 1.82) is 0 Å². The molecule has 3 aliphatic heterocycles. The van der Waals surface area contributed by atoms with Gasteiger partial charge in [-0.15, -0.1) is 0 Å². The molecule has 0 aromatic carbocycles. The second-order valence-electron chi connectivity index (χ2n) is 7.40. The van der Waals surface area contributed by atoms with E-state index in [4.69, 9.17) is 0 Å². The van der Waals surface area contributed by atoms with Crippen molar-refractivity contribution < 1.29 is 12.6 Å². The molecule has 0 fully saturated rings. The molecule has 6 nitrogen and oxygen atoms in total. The SMILES string of the molecule is CC.CC.CC(C)(C)S1(=O)=NCCC1.C[S@@]1(=O)=NCCC1.C[S@]1(=O)=NCCC1. The van der Waals surface area contributed by atoms with E-state index in [1.165, 1.54) is 0 Å². The van der Waals surface area contributed by atoms with Crippen LogP contribution in [0.1, 0.15) is 67.7 Å². The maximum absolute atomic E-state index is 11.8. The van der Waals surface area contributed by atoms with Gasteiger partial charge in [-0.1, -0.05) is 27.7 Å². The summed E-state index contributed by atoms with van der Waals surface area (Å²) in [7, 11) is -5.19. The van der Waals surface area contributed by atoms with Crippen molar-refractivity contribution in [3.05, 3.63) is 0 Å². The Hall–Kier alpha value is -0.150. The Balaban J connectivity index is 0. The minimum absolute atomic E-state index is 0.122. The van der Waals surface area contributed by atoms with Crippen LogP contribution < -0.4 is 0 Å². The van der Waals surface area contributed by atoms with Crippen molar-refractivity contribution in [3.63, 3.8) is 0 Å². The molecule has 9 heteroatoms. The summed E-state index contributed by atoms with van der Waals surface area (Å²) in [4.78, 5) is 0. The zero-order valence-corrected chi connectivity index (χ0v) is 22.1. The van der Waals surface area contributed by atoms with Crippen molar-refractivity contribution in [2.75, 3.05) is 49.4 Å². The molecule has 0 N–H and O–H groups in total. The second kappa shape index (κ2) is 14.0. The fraction of sp³-hybridized carbons (Fsp3) is 1.00. The van der Waals surface area contributed by atoms with Gasteiger partial charge in [-0.05, 0) is 40.0 Å². The molecule has 0 aromatic rings. The molecule has 0 spiro atoms. The molecule has 3 heterocycles. The normalized spacial score (nSPS) is 32.9. The van der Waals surface area contributed by atoms with Crippen LogP contribution >= 0.6 is 0 Å². The highest BCUT2D eigenvalue weighted by molar-refractivity contribution is 7.95. The number of hydrogen-bond donors (Lipinski definition) is 0. The first-order valence-corrected chi connectivity index (χ1v) is 16.3. The van der Waals surface area contributed by atoms with Crippen LogP contribution in [0.25, 0.3) is 0 Å². The summed E-state index contributed by atoms with van der Waals surface area (Å²) in [5.74, 6) is 2.43. The maximum Gasteiger partial charge on any atom is 0.0518 e. The highest BCUT2D eigenvalue weighted by atomic mass is 32.2. The summed E-state index contributed by atoms with van der Waals surface area (Å²) in [6.45, 7) is 16.4. The molecular weight excluding hydrogens is 414 g/mol. The first kappa shape index (κ1) is 30.0. The van der Waals surface area contributed by atoms with E-state index in [0.29, 0.717) is 0 Å². The van der Waals surface area contributed by atoms with Gasteiger partial charge in [0, 0.05) is 73.6 Å². The summed E-state index contributed by atoms with van der Waals surface area (Å²) < 4.78 is 45.3. The predicted molar refractivity (Wildman–Crippen MR) is 129 cm³/mol. The van der Waals surface area contributed by atoms with E-state index in [0.717, 1.165) is 56.2 Å². The van der Waals surface area contributed by atoms with Gasteiger partial charge in [0.05, 0.1) is 9.73 Å². The predicted octanol–water partition coefficient (Wildman–Crippen LogP) is 4.68. The lowest BCUT2D eigenvalue weighted by Gasteiger charge is -2.20. The molecule has 3 rings (SSSR count). The van der Waals surface area contributed by atoms with Gasteiger partial charge >= 0.3 is 0 Å². The average molecular weight is 460 g/mol. The minimum Gasteiger partial charge on any atom is -0.250 e. The second-order valence-corrected chi connectivity index (χ2v) is 15.7.